The van der Waals surface area contributed by atoms with Crippen molar-refractivity contribution in [2.45, 2.75) is 19.8 Å². The monoisotopic (exact) mass is 258 g/mol. The highest BCUT2D eigenvalue weighted by Gasteiger charge is 2.14. The van der Waals surface area contributed by atoms with Gasteiger partial charge < -0.3 is 10.1 Å². The Balaban J connectivity index is 2.61. The fraction of sp³-hybridized carbons (Fsp3) is 0.357. The Labute approximate surface area is 113 Å². The van der Waals surface area contributed by atoms with Gasteiger partial charge in [0.1, 0.15) is 17.8 Å². The van der Waals surface area contributed by atoms with Crippen molar-refractivity contribution < 1.29 is 4.74 Å². The van der Waals surface area contributed by atoms with Gasteiger partial charge in [-0.3, -0.25) is 0 Å². The van der Waals surface area contributed by atoms with Gasteiger partial charge in [-0.15, -0.1) is 10.2 Å². The highest BCUT2D eigenvalue weighted by atomic mass is 16.5. The Morgan fingerprint density at radius 1 is 1.26 bits per heavy atom. The lowest BCUT2D eigenvalue weighted by Gasteiger charge is -2.13. The second kappa shape index (κ2) is 5.65. The molecule has 2 aromatic rings. The largest absolute Gasteiger partial charge is 0.496 e. The summed E-state index contributed by atoms with van der Waals surface area (Å²) in [5.41, 5.74) is 2.83. The van der Waals surface area contributed by atoms with E-state index in [0.29, 0.717) is 17.4 Å². The highest BCUT2D eigenvalue weighted by molar-refractivity contribution is 5.76. The Kier molecular flexibility index (Phi) is 3.94. The molecule has 5 heteroatoms. The number of rotatable bonds is 4. The maximum Gasteiger partial charge on any atom is 0.156 e. The zero-order valence-electron chi connectivity index (χ0n) is 11.6. The van der Waals surface area contributed by atoms with Crippen molar-refractivity contribution in [2.24, 2.45) is 0 Å². The van der Waals surface area contributed by atoms with E-state index < -0.39 is 0 Å². The second-order valence-electron chi connectivity index (χ2n) is 4.52. The molecule has 0 saturated heterocycles. The van der Waals surface area contributed by atoms with Gasteiger partial charge in [-0.05, 0) is 23.6 Å². The minimum absolute atomic E-state index is 0.437. The lowest BCUT2D eigenvalue weighted by atomic mass is 9.99. The molecule has 0 aliphatic carbocycles. The van der Waals surface area contributed by atoms with Gasteiger partial charge in [0.25, 0.3) is 0 Å². The predicted molar refractivity (Wildman–Crippen MR) is 75.5 cm³/mol. The molecule has 0 saturated carbocycles. The first-order valence-electron chi connectivity index (χ1n) is 6.21. The predicted octanol–water partition coefficient (Wildman–Crippen LogP) is 2.71. The van der Waals surface area contributed by atoms with Gasteiger partial charge >= 0.3 is 0 Å². The molecule has 0 atom stereocenters. The molecular weight excluding hydrogens is 240 g/mol. The van der Waals surface area contributed by atoms with Crippen LogP contribution in [-0.4, -0.2) is 29.3 Å². The first-order chi connectivity index (χ1) is 9.17. The lowest BCUT2D eigenvalue weighted by Crippen LogP contribution is -2.01. The number of nitrogens with one attached hydrogen (secondary N) is 1. The van der Waals surface area contributed by atoms with Crippen LogP contribution in [-0.2, 0) is 0 Å². The number of ether oxygens (including phenoxy) is 1. The van der Waals surface area contributed by atoms with Crippen LogP contribution in [0.5, 0.6) is 5.75 Å². The quantitative estimate of drug-likeness (QED) is 0.913. The maximum absolute atomic E-state index is 5.41. The summed E-state index contributed by atoms with van der Waals surface area (Å²) >= 11 is 0. The number of hydrogen-bond acceptors (Lipinski definition) is 5. The Hall–Kier alpha value is -2.17. The average molecular weight is 258 g/mol. The smallest absolute Gasteiger partial charge is 0.156 e. The molecule has 0 bridgehead atoms. The van der Waals surface area contributed by atoms with Crippen molar-refractivity contribution in [3.8, 4) is 17.0 Å². The first-order valence-corrected chi connectivity index (χ1v) is 6.21. The van der Waals surface area contributed by atoms with E-state index >= 15 is 0 Å². The summed E-state index contributed by atoms with van der Waals surface area (Å²) < 4.78 is 5.41. The molecule has 0 spiro atoms. The van der Waals surface area contributed by atoms with Crippen LogP contribution < -0.4 is 10.1 Å². The number of nitrogens with zero attached hydrogens (tertiary/aromatic N) is 3. The molecule has 0 fully saturated rings. The molecule has 1 heterocycles. The summed E-state index contributed by atoms with van der Waals surface area (Å²) in [6, 6.07) is 6.10. The van der Waals surface area contributed by atoms with Crippen molar-refractivity contribution in [2.75, 3.05) is 19.5 Å². The van der Waals surface area contributed by atoms with Gasteiger partial charge in [-0.2, -0.15) is 0 Å². The molecule has 0 aliphatic rings. The van der Waals surface area contributed by atoms with Crippen LogP contribution in [0.4, 0.5) is 5.82 Å². The third-order valence-corrected chi connectivity index (χ3v) is 3.00. The molecule has 0 unspecified atom stereocenters. The van der Waals surface area contributed by atoms with Gasteiger partial charge in [0.15, 0.2) is 5.82 Å². The molecule has 0 radical (unpaired) electrons. The molecule has 100 valence electrons. The van der Waals surface area contributed by atoms with Crippen LogP contribution in [0.2, 0.25) is 0 Å². The molecule has 1 aromatic carbocycles. The van der Waals surface area contributed by atoms with E-state index in [2.05, 4.69) is 46.5 Å². The molecule has 1 N–H and O–H groups in total. The van der Waals surface area contributed by atoms with Crippen molar-refractivity contribution in [3.63, 3.8) is 0 Å². The highest BCUT2D eigenvalue weighted by Crippen LogP contribution is 2.34. The molecular formula is C14H18N4O. The third kappa shape index (κ3) is 2.65. The molecule has 0 amide bonds. The van der Waals surface area contributed by atoms with Gasteiger partial charge in [-0.25, -0.2) is 4.98 Å². The van der Waals surface area contributed by atoms with Crippen LogP contribution in [0.25, 0.3) is 11.3 Å². The Bertz CT molecular complexity index is 569. The first kappa shape index (κ1) is 13.3. The Morgan fingerprint density at radius 2 is 2.05 bits per heavy atom. The number of anilines is 1. The Morgan fingerprint density at radius 3 is 2.68 bits per heavy atom. The topological polar surface area (TPSA) is 59.9 Å². The van der Waals surface area contributed by atoms with Crippen LogP contribution in [0, 0.1) is 0 Å². The van der Waals surface area contributed by atoms with E-state index in [1.54, 1.807) is 7.11 Å². The third-order valence-electron chi connectivity index (χ3n) is 3.00. The summed E-state index contributed by atoms with van der Waals surface area (Å²) in [5, 5.41) is 11.1. The van der Waals surface area contributed by atoms with Crippen LogP contribution in [0.3, 0.4) is 0 Å². The van der Waals surface area contributed by atoms with E-state index in [-0.39, 0.29) is 0 Å². The van der Waals surface area contributed by atoms with E-state index in [0.717, 1.165) is 11.3 Å². The zero-order chi connectivity index (χ0) is 13.8. The van der Waals surface area contributed by atoms with Gasteiger partial charge in [0.05, 0.1) is 7.11 Å². The standard InChI is InChI=1S/C14H18N4O/c1-9(2)10-5-6-12(19-4)11(7-10)13-14(15-3)16-8-17-18-13/h5-9H,1-4H3,(H,15,16,17). The SMILES string of the molecule is CNc1ncnnc1-c1cc(C(C)C)ccc1OC. The van der Waals surface area contributed by atoms with E-state index in [9.17, 15) is 0 Å². The summed E-state index contributed by atoms with van der Waals surface area (Å²) in [6.07, 6.45) is 1.42. The van der Waals surface area contributed by atoms with E-state index in [1.807, 2.05) is 13.1 Å². The summed E-state index contributed by atoms with van der Waals surface area (Å²) in [4.78, 5) is 4.18. The van der Waals surface area contributed by atoms with Gasteiger partial charge in [-0.1, -0.05) is 19.9 Å². The van der Waals surface area contributed by atoms with E-state index in [4.69, 9.17) is 4.74 Å². The van der Waals surface area contributed by atoms with Gasteiger partial charge in [0.2, 0.25) is 0 Å². The second-order valence-corrected chi connectivity index (χ2v) is 4.52. The summed E-state index contributed by atoms with van der Waals surface area (Å²) in [5.74, 6) is 1.89. The number of benzene rings is 1. The number of aromatic nitrogens is 3. The van der Waals surface area contributed by atoms with Crippen LogP contribution >= 0.6 is 0 Å². The van der Waals surface area contributed by atoms with Crippen molar-refractivity contribution >= 4 is 5.82 Å². The normalized spacial score (nSPS) is 10.6. The maximum atomic E-state index is 5.41. The number of methoxy groups -OCH3 is 1. The van der Waals surface area contributed by atoms with E-state index in [1.165, 1.54) is 11.9 Å². The van der Waals surface area contributed by atoms with Crippen molar-refractivity contribution in [1.82, 2.24) is 15.2 Å². The van der Waals surface area contributed by atoms with Crippen molar-refractivity contribution in [3.05, 3.63) is 30.1 Å². The minimum Gasteiger partial charge on any atom is -0.496 e. The molecule has 1 aromatic heterocycles. The fourth-order valence-corrected chi connectivity index (χ4v) is 1.91. The van der Waals surface area contributed by atoms with Crippen molar-refractivity contribution in [1.29, 1.82) is 0 Å². The molecule has 5 nitrogen and oxygen atoms in total. The number of hydrogen-bond donors (Lipinski definition) is 1. The fourth-order valence-electron chi connectivity index (χ4n) is 1.91. The molecule has 19 heavy (non-hydrogen) atoms. The average Bonchev–Trinajstić information content (AvgIpc) is 2.46. The van der Waals surface area contributed by atoms with Crippen LogP contribution in [0.15, 0.2) is 24.5 Å². The summed E-state index contributed by atoms with van der Waals surface area (Å²) in [6.45, 7) is 4.30. The zero-order valence-corrected chi connectivity index (χ0v) is 11.6. The molecule has 0 aliphatic heterocycles. The van der Waals surface area contributed by atoms with Gasteiger partial charge in [0, 0.05) is 12.6 Å². The lowest BCUT2D eigenvalue weighted by molar-refractivity contribution is 0.416. The summed E-state index contributed by atoms with van der Waals surface area (Å²) in [7, 11) is 3.46. The van der Waals surface area contributed by atoms with Crippen LogP contribution in [0.1, 0.15) is 25.3 Å². The minimum atomic E-state index is 0.437. The molecule has 2 rings (SSSR count).